The monoisotopic (exact) mass is 350 g/mol. The second-order valence-electron chi connectivity index (χ2n) is 5.52. The first-order chi connectivity index (χ1) is 12.2. The van der Waals surface area contributed by atoms with Crippen molar-refractivity contribution in [3.63, 3.8) is 0 Å². The molecule has 0 saturated carbocycles. The molecule has 0 spiro atoms. The Hall–Kier alpha value is -2.92. The normalized spacial score (nSPS) is 10.3. The van der Waals surface area contributed by atoms with Crippen LogP contribution in [-0.4, -0.2) is 11.8 Å². The lowest BCUT2D eigenvalue weighted by Gasteiger charge is -2.09. The van der Waals surface area contributed by atoms with Crippen molar-refractivity contribution in [2.45, 2.75) is 13.3 Å². The molecule has 3 rings (SSSR count). The fraction of sp³-hybridized carbons (Fsp3) is 0.100. The van der Waals surface area contributed by atoms with E-state index in [0.29, 0.717) is 16.1 Å². The van der Waals surface area contributed by atoms with Crippen LogP contribution in [0.3, 0.4) is 0 Å². The lowest BCUT2D eigenvalue weighted by Crippen LogP contribution is -2.14. The number of carbonyl (C=O) groups is 2. The van der Waals surface area contributed by atoms with Crippen LogP contribution in [0.15, 0.2) is 66.0 Å². The Morgan fingerprint density at radius 1 is 0.880 bits per heavy atom. The van der Waals surface area contributed by atoms with Crippen LogP contribution in [0.5, 0.6) is 0 Å². The third kappa shape index (κ3) is 4.33. The van der Waals surface area contributed by atoms with E-state index in [4.69, 9.17) is 0 Å². The fourth-order valence-electron chi connectivity index (χ4n) is 2.41. The van der Waals surface area contributed by atoms with Crippen molar-refractivity contribution in [2.75, 3.05) is 10.6 Å². The molecular weight excluding hydrogens is 332 g/mol. The molecule has 0 aliphatic heterocycles. The van der Waals surface area contributed by atoms with E-state index in [0.717, 1.165) is 17.7 Å². The third-order valence-electron chi connectivity index (χ3n) is 3.72. The molecule has 2 N–H and O–H groups in total. The number of hydrogen-bond donors (Lipinski definition) is 2. The molecule has 2 aromatic carbocycles. The van der Waals surface area contributed by atoms with Gasteiger partial charge < -0.3 is 10.6 Å². The van der Waals surface area contributed by atoms with Gasteiger partial charge in [0, 0.05) is 16.9 Å². The lowest BCUT2D eigenvalue weighted by molar-refractivity contribution is 0.101. The van der Waals surface area contributed by atoms with Gasteiger partial charge >= 0.3 is 0 Å². The van der Waals surface area contributed by atoms with Crippen LogP contribution in [0.25, 0.3) is 0 Å². The second kappa shape index (κ2) is 7.77. The predicted octanol–water partition coefficient (Wildman–Crippen LogP) is 4.82. The number of hydrogen-bond acceptors (Lipinski definition) is 3. The summed E-state index contributed by atoms with van der Waals surface area (Å²) in [6.45, 7) is 2.07. The first kappa shape index (κ1) is 16.9. The van der Waals surface area contributed by atoms with Gasteiger partial charge in [-0.1, -0.05) is 31.2 Å². The average molecular weight is 350 g/mol. The van der Waals surface area contributed by atoms with Crippen molar-refractivity contribution in [3.8, 4) is 0 Å². The molecule has 0 fully saturated rings. The van der Waals surface area contributed by atoms with Crippen LogP contribution in [0.4, 0.5) is 11.4 Å². The van der Waals surface area contributed by atoms with E-state index in [-0.39, 0.29) is 11.8 Å². The minimum atomic E-state index is -0.208. The van der Waals surface area contributed by atoms with Crippen molar-refractivity contribution < 1.29 is 9.59 Å². The quantitative estimate of drug-likeness (QED) is 0.693. The van der Waals surface area contributed by atoms with Gasteiger partial charge in [-0.3, -0.25) is 9.59 Å². The molecule has 1 aromatic heterocycles. The van der Waals surface area contributed by atoms with Gasteiger partial charge in [-0.15, -0.1) is 11.3 Å². The molecule has 0 bridgehead atoms. The average Bonchev–Trinajstić information content (AvgIpc) is 3.17. The molecule has 0 aliphatic carbocycles. The number of thiophene rings is 1. The van der Waals surface area contributed by atoms with Gasteiger partial charge in [-0.2, -0.15) is 0 Å². The summed E-state index contributed by atoms with van der Waals surface area (Å²) in [5, 5.41) is 7.56. The number of nitrogens with one attached hydrogen (secondary N) is 2. The first-order valence-corrected chi connectivity index (χ1v) is 8.89. The van der Waals surface area contributed by atoms with Gasteiger partial charge in [0.05, 0.1) is 4.88 Å². The Labute approximate surface area is 150 Å². The van der Waals surface area contributed by atoms with Crippen molar-refractivity contribution in [1.29, 1.82) is 0 Å². The molecule has 4 nitrogen and oxygen atoms in total. The highest BCUT2D eigenvalue weighted by Crippen LogP contribution is 2.17. The second-order valence-corrected chi connectivity index (χ2v) is 6.47. The van der Waals surface area contributed by atoms with Crippen LogP contribution in [-0.2, 0) is 6.42 Å². The fourth-order valence-corrected chi connectivity index (χ4v) is 3.03. The Balaban J connectivity index is 1.72. The SMILES string of the molecule is CCc1cccc(NC(=O)c2cccc(NC(=O)c3cccs3)c2)c1. The maximum atomic E-state index is 12.5. The van der Waals surface area contributed by atoms with Gasteiger partial charge in [0.25, 0.3) is 11.8 Å². The van der Waals surface area contributed by atoms with E-state index in [1.54, 1.807) is 30.3 Å². The number of carbonyl (C=O) groups excluding carboxylic acids is 2. The zero-order valence-electron chi connectivity index (χ0n) is 13.8. The Kier molecular flexibility index (Phi) is 5.26. The third-order valence-corrected chi connectivity index (χ3v) is 4.59. The molecule has 5 heteroatoms. The van der Waals surface area contributed by atoms with E-state index in [1.165, 1.54) is 11.3 Å². The summed E-state index contributed by atoms with van der Waals surface area (Å²) in [4.78, 5) is 25.2. The van der Waals surface area contributed by atoms with Crippen LogP contribution >= 0.6 is 11.3 Å². The van der Waals surface area contributed by atoms with Gasteiger partial charge in [-0.25, -0.2) is 0 Å². The van der Waals surface area contributed by atoms with Crippen molar-refractivity contribution in [3.05, 3.63) is 82.0 Å². The first-order valence-electron chi connectivity index (χ1n) is 8.01. The molecule has 126 valence electrons. The molecule has 0 aliphatic rings. The highest BCUT2D eigenvalue weighted by Gasteiger charge is 2.10. The summed E-state index contributed by atoms with van der Waals surface area (Å²) >= 11 is 1.37. The van der Waals surface area contributed by atoms with E-state index in [2.05, 4.69) is 17.6 Å². The number of amides is 2. The van der Waals surface area contributed by atoms with Crippen molar-refractivity contribution >= 4 is 34.5 Å². The van der Waals surface area contributed by atoms with E-state index < -0.39 is 0 Å². The number of anilines is 2. The highest BCUT2D eigenvalue weighted by molar-refractivity contribution is 7.12. The molecule has 2 amide bonds. The molecule has 0 atom stereocenters. The summed E-state index contributed by atoms with van der Waals surface area (Å²) < 4.78 is 0. The summed E-state index contributed by atoms with van der Waals surface area (Å²) in [6.07, 6.45) is 0.911. The minimum absolute atomic E-state index is 0.178. The van der Waals surface area contributed by atoms with Gasteiger partial charge in [0.1, 0.15) is 0 Å². The highest BCUT2D eigenvalue weighted by atomic mass is 32.1. The summed E-state index contributed by atoms with van der Waals surface area (Å²) in [5.41, 5.74) is 3.01. The van der Waals surface area contributed by atoms with Crippen molar-refractivity contribution in [1.82, 2.24) is 0 Å². The van der Waals surface area contributed by atoms with Crippen LogP contribution < -0.4 is 10.6 Å². The number of rotatable bonds is 5. The summed E-state index contributed by atoms with van der Waals surface area (Å²) in [6, 6.07) is 18.3. The maximum Gasteiger partial charge on any atom is 0.265 e. The Bertz CT molecular complexity index is 888. The smallest absolute Gasteiger partial charge is 0.265 e. The molecule has 0 radical (unpaired) electrons. The molecule has 0 saturated heterocycles. The van der Waals surface area contributed by atoms with Crippen LogP contribution in [0.2, 0.25) is 0 Å². The molecule has 3 aromatic rings. The summed E-state index contributed by atoms with van der Waals surface area (Å²) in [5.74, 6) is -0.385. The lowest BCUT2D eigenvalue weighted by atomic mass is 10.1. The van der Waals surface area contributed by atoms with E-state index in [9.17, 15) is 9.59 Å². The zero-order valence-corrected chi connectivity index (χ0v) is 14.6. The van der Waals surface area contributed by atoms with E-state index >= 15 is 0 Å². The predicted molar refractivity (Wildman–Crippen MR) is 102 cm³/mol. The molecule has 1 heterocycles. The van der Waals surface area contributed by atoms with E-state index in [1.807, 2.05) is 35.7 Å². The standard InChI is InChI=1S/C20H18N2O2S/c1-2-14-6-3-8-16(12-14)21-19(23)15-7-4-9-17(13-15)22-20(24)18-10-5-11-25-18/h3-13H,2H2,1H3,(H,21,23)(H,22,24). The largest absolute Gasteiger partial charge is 0.322 e. The van der Waals surface area contributed by atoms with Gasteiger partial charge in [0.15, 0.2) is 0 Å². The number of aryl methyl sites for hydroxylation is 1. The molecule has 0 unspecified atom stereocenters. The minimum Gasteiger partial charge on any atom is -0.322 e. The Morgan fingerprint density at radius 3 is 2.32 bits per heavy atom. The van der Waals surface area contributed by atoms with Crippen LogP contribution in [0, 0.1) is 0 Å². The topological polar surface area (TPSA) is 58.2 Å². The zero-order chi connectivity index (χ0) is 17.6. The van der Waals surface area contributed by atoms with Crippen molar-refractivity contribution in [2.24, 2.45) is 0 Å². The molecule has 25 heavy (non-hydrogen) atoms. The Morgan fingerprint density at radius 2 is 1.60 bits per heavy atom. The summed E-state index contributed by atoms with van der Waals surface area (Å²) in [7, 11) is 0. The van der Waals surface area contributed by atoms with Gasteiger partial charge in [0.2, 0.25) is 0 Å². The van der Waals surface area contributed by atoms with Gasteiger partial charge in [-0.05, 0) is 53.8 Å². The number of benzene rings is 2. The van der Waals surface area contributed by atoms with Crippen LogP contribution in [0.1, 0.15) is 32.5 Å². The maximum absolute atomic E-state index is 12.5. The molecular formula is C20H18N2O2S.